The highest BCUT2D eigenvalue weighted by molar-refractivity contribution is 5.84. The molecule has 92 valence electrons. The molecule has 0 atom stereocenters. The summed E-state index contributed by atoms with van der Waals surface area (Å²) in [5.41, 5.74) is 0.461. The first kappa shape index (κ1) is 11.7. The number of benzene rings is 1. The summed E-state index contributed by atoms with van der Waals surface area (Å²) in [5, 5.41) is 22.8. The minimum atomic E-state index is -1.36. The van der Waals surface area contributed by atoms with Crippen LogP contribution in [0.1, 0.15) is 16.2 Å². The molecule has 18 heavy (non-hydrogen) atoms. The van der Waals surface area contributed by atoms with Crippen molar-refractivity contribution >= 4 is 11.7 Å². The number of carbonyl (C=O) groups is 1. The number of nitrogens with zero attached hydrogens (tertiary/aromatic N) is 3. The smallest absolute Gasteiger partial charge is 0.377 e. The summed E-state index contributed by atoms with van der Waals surface area (Å²) in [5.74, 6) is -2.08. The van der Waals surface area contributed by atoms with E-state index in [1.807, 2.05) is 0 Å². The zero-order valence-electron chi connectivity index (χ0n) is 9.15. The summed E-state index contributed by atoms with van der Waals surface area (Å²) in [4.78, 5) is 24.5. The van der Waals surface area contributed by atoms with E-state index < -0.39 is 16.7 Å². The predicted octanol–water partition coefficient (Wildman–Crippen LogP) is 1.65. The molecule has 0 fully saturated rings. The number of aryl methyl sites for hydroxylation is 1. The van der Waals surface area contributed by atoms with Gasteiger partial charge in [0.2, 0.25) is 0 Å². The van der Waals surface area contributed by atoms with Crippen molar-refractivity contribution in [2.45, 2.75) is 6.92 Å². The van der Waals surface area contributed by atoms with Gasteiger partial charge in [-0.3, -0.25) is 10.1 Å². The molecule has 0 saturated heterocycles. The van der Waals surface area contributed by atoms with Gasteiger partial charge >= 0.3 is 5.97 Å². The molecular weight excluding hydrogens is 242 g/mol. The molecule has 2 rings (SSSR count). The molecule has 0 bridgehead atoms. The largest absolute Gasteiger partial charge is 0.475 e. The number of aromatic carboxylic acids is 1. The lowest BCUT2D eigenvalue weighted by molar-refractivity contribution is -0.384. The van der Waals surface area contributed by atoms with E-state index in [0.29, 0.717) is 5.56 Å². The maximum absolute atomic E-state index is 10.9. The molecule has 0 unspecified atom stereocenters. The Hall–Kier alpha value is -2.77. The van der Waals surface area contributed by atoms with Gasteiger partial charge in [0.15, 0.2) is 0 Å². The van der Waals surface area contributed by atoms with Gasteiger partial charge in [-0.25, -0.2) is 4.79 Å². The molecule has 1 aromatic carbocycles. The molecule has 0 amide bonds. The first-order valence-electron chi connectivity index (χ1n) is 4.82. The molecular formula is C10H7N3O5. The molecule has 0 aliphatic heterocycles. The Morgan fingerprint density at radius 1 is 1.50 bits per heavy atom. The van der Waals surface area contributed by atoms with Gasteiger partial charge in [0.25, 0.3) is 17.4 Å². The van der Waals surface area contributed by atoms with E-state index in [1.165, 1.54) is 12.1 Å². The average molecular weight is 249 g/mol. The van der Waals surface area contributed by atoms with Crippen LogP contribution in [0, 0.1) is 17.0 Å². The third-order valence-electron chi connectivity index (χ3n) is 2.28. The van der Waals surface area contributed by atoms with Crippen LogP contribution in [0.15, 0.2) is 22.7 Å². The fraction of sp³-hybridized carbons (Fsp3) is 0.100. The van der Waals surface area contributed by atoms with Crippen molar-refractivity contribution < 1.29 is 19.3 Å². The van der Waals surface area contributed by atoms with Gasteiger partial charge < -0.3 is 9.63 Å². The quantitative estimate of drug-likeness (QED) is 0.648. The molecule has 2 aromatic rings. The van der Waals surface area contributed by atoms with Crippen LogP contribution in [0.25, 0.3) is 11.5 Å². The second-order valence-electron chi connectivity index (χ2n) is 3.45. The molecule has 0 spiro atoms. The third-order valence-corrected chi connectivity index (χ3v) is 2.28. The minimum absolute atomic E-state index is 0.127. The van der Waals surface area contributed by atoms with E-state index in [-0.39, 0.29) is 17.1 Å². The van der Waals surface area contributed by atoms with E-state index in [4.69, 9.17) is 9.63 Å². The van der Waals surface area contributed by atoms with Crippen molar-refractivity contribution in [3.05, 3.63) is 39.7 Å². The molecule has 1 N–H and O–H groups in total. The zero-order valence-corrected chi connectivity index (χ0v) is 9.15. The maximum Gasteiger partial charge on any atom is 0.377 e. The minimum Gasteiger partial charge on any atom is -0.475 e. The fourth-order valence-corrected chi connectivity index (χ4v) is 1.49. The lowest BCUT2D eigenvalue weighted by Crippen LogP contribution is -1.99. The van der Waals surface area contributed by atoms with Gasteiger partial charge in [-0.2, -0.15) is 4.98 Å². The second-order valence-corrected chi connectivity index (χ2v) is 3.45. The molecule has 1 aromatic heterocycles. The van der Waals surface area contributed by atoms with E-state index in [9.17, 15) is 14.9 Å². The number of hydrogen-bond donors (Lipinski definition) is 1. The van der Waals surface area contributed by atoms with Gasteiger partial charge in [-0.1, -0.05) is 12.1 Å². The Kier molecular flexibility index (Phi) is 2.76. The summed E-state index contributed by atoms with van der Waals surface area (Å²) < 4.78 is 4.74. The summed E-state index contributed by atoms with van der Waals surface area (Å²) >= 11 is 0. The Balaban J connectivity index is 2.62. The van der Waals surface area contributed by atoms with Crippen LogP contribution in [0.2, 0.25) is 0 Å². The predicted molar refractivity (Wildman–Crippen MR) is 58.1 cm³/mol. The molecule has 1 heterocycles. The van der Waals surface area contributed by atoms with Crippen molar-refractivity contribution in [2.24, 2.45) is 0 Å². The van der Waals surface area contributed by atoms with Crippen LogP contribution in [-0.2, 0) is 0 Å². The Bertz CT molecular complexity index is 634. The molecule has 8 nitrogen and oxygen atoms in total. The average Bonchev–Trinajstić information content (AvgIpc) is 2.77. The number of carboxylic acids is 1. The van der Waals surface area contributed by atoms with Crippen molar-refractivity contribution in [2.75, 3.05) is 0 Å². The summed E-state index contributed by atoms with van der Waals surface area (Å²) in [6, 6.07) is 4.44. The lowest BCUT2D eigenvalue weighted by atomic mass is 10.1. The topological polar surface area (TPSA) is 119 Å². The Labute approximate surface area is 100 Å². The zero-order chi connectivity index (χ0) is 13.3. The van der Waals surface area contributed by atoms with E-state index in [0.717, 1.165) is 0 Å². The molecule has 8 heteroatoms. The van der Waals surface area contributed by atoms with Gasteiger partial charge in [-0.05, 0) is 17.6 Å². The number of hydrogen-bond acceptors (Lipinski definition) is 6. The highest BCUT2D eigenvalue weighted by atomic mass is 16.6. The van der Waals surface area contributed by atoms with Crippen LogP contribution in [-0.4, -0.2) is 26.1 Å². The first-order valence-corrected chi connectivity index (χ1v) is 4.82. The number of nitro benzene ring substituents is 1. The first-order chi connectivity index (χ1) is 8.50. The van der Waals surface area contributed by atoms with Crippen molar-refractivity contribution in [3.63, 3.8) is 0 Å². The van der Waals surface area contributed by atoms with Gasteiger partial charge in [0.1, 0.15) is 5.56 Å². The number of nitro groups is 1. The summed E-state index contributed by atoms with van der Waals surface area (Å²) in [6.07, 6.45) is 0. The number of aromatic nitrogens is 2. The molecule has 0 aliphatic rings. The highest BCUT2D eigenvalue weighted by Crippen LogP contribution is 2.31. The fourth-order valence-electron chi connectivity index (χ4n) is 1.49. The summed E-state index contributed by atoms with van der Waals surface area (Å²) in [7, 11) is 0. The number of carboxylic acid groups (broad SMARTS) is 1. The maximum atomic E-state index is 10.9. The van der Waals surface area contributed by atoms with Crippen LogP contribution in [0.3, 0.4) is 0 Å². The monoisotopic (exact) mass is 249 g/mol. The Morgan fingerprint density at radius 3 is 2.78 bits per heavy atom. The van der Waals surface area contributed by atoms with Crippen molar-refractivity contribution in [3.8, 4) is 11.5 Å². The van der Waals surface area contributed by atoms with Gasteiger partial charge in [-0.15, -0.1) is 0 Å². The van der Waals surface area contributed by atoms with Crippen molar-refractivity contribution in [1.29, 1.82) is 0 Å². The SMILES string of the molecule is Cc1cccc([N+](=O)[O-])c1-c1nc(C(=O)O)no1. The van der Waals surface area contributed by atoms with E-state index in [1.54, 1.807) is 13.0 Å². The molecule has 0 radical (unpaired) electrons. The van der Waals surface area contributed by atoms with Gasteiger partial charge in [0.05, 0.1) is 4.92 Å². The molecule has 0 saturated carbocycles. The van der Waals surface area contributed by atoms with Gasteiger partial charge in [0, 0.05) is 6.07 Å². The standard InChI is InChI=1S/C10H7N3O5/c1-5-3-2-4-6(13(16)17)7(5)9-11-8(10(14)15)12-18-9/h2-4H,1H3,(H,14,15). The second kappa shape index (κ2) is 4.24. The van der Waals surface area contributed by atoms with E-state index >= 15 is 0 Å². The van der Waals surface area contributed by atoms with Crippen LogP contribution in [0.4, 0.5) is 5.69 Å². The van der Waals surface area contributed by atoms with Crippen LogP contribution < -0.4 is 0 Å². The normalized spacial score (nSPS) is 10.3. The molecule has 0 aliphatic carbocycles. The third kappa shape index (κ3) is 1.90. The van der Waals surface area contributed by atoms with Crippen molar-refractivity contribution in [1.82, 2.24) is 10.1 Å². The van der Waals surface area contributed by atoms with E-state index in [2.05, 4.69) is 10.1 Å². The lowest BCUT2D eigenvalue weighted by Gasteiger charge is -2.00. The number of rotatable bonds is 3. The summed E-state index contributed by atoms with van der Waals surface area (Å²) in [6.45, 7) is 1.63. The highest BCUT2D eigenvalue weighted by Gasteiger charge is 2.23. The van der Waals surface area contributed by atoms with Crippen LogP contribution in [0.5, 0.6) is 0 Å². The Morgan fingerprint density at radius 2 is 2.22 bits per heavy atom. The van der Waals surface area contributed by atoms with Crippen LogP contribution >= 0.6 is 0 Å².